The third-order valence-electron chi connectivity index (χ3n) is 3.58. The molecule has 1 amide bonds. The van der Waals surface area contributed by atoms with Gasteiger partial charge in [-0.2, -0.15) is 0 Å². The number of nitrogens with one attached hydrogen (secondary N) is 1. The van der Waals surface area contributed by atoms with E-state index in [1.54, 1.807) is 6.07 Å². The Morgan fingerprint density at radius 2 is 2.04 bits per heavy atom. The molecule has 0 aliphatic carbocycles. The van der Waals surface area contributed by atoms with Gasteiger partial charge in [0.1, 0.15) is 13.2 Å². The van der Waals surface area contributed by atoms with Crippen LogP contribution >= 0.6 is 0 Å². The van der Waals surface area contributed by atoms with Gasteiger partial charge in [-0.15, -0.1) is 0 Å². The van der Waals surface area contributed by atoms with Crippen molar-refractivity contribution >= 4 is 5.91 Å². The molecule has 0 saturated carbocycles. The van der Waals surface area contributed by atoms with Crippen molar-refractivity contribution in [2.24, 2.45) is 0 Å². The molecule has 3 rings (SSSR count). The summed E-state index contributed by atoms with van der Waals surface area (Å²) in [6.45, 7) is 3.88. The quantitative estimate of drug-likeness (QED) is 0.829. The number of carbonyl (C=O) groups excluding carboxylic acids is 1. The van der Waals surface area contributed by atoms with E-state index in [4.69, 9.17) is 14.0 Å². The maximum absolute atomic E-state index is 11.8. The van der Waals surface area contributed by atoms with Crippen molar-refractivity contribution < 1.29 is 18.8 Å². The predicted octanol–water partition coefficient (Wildman–Crippen LogP) is 2.57. The smallest absolute Gasteiger partial charge is 0.226 e. The number of carbonyl (C=O) groups is 1. The van der Waals surface area contributed by atoms with E-state index in [1.165, 1.54) is 0 Å². The molecule has 2 heterocycles. The lowest BCUT2D eigenvalue weighted by Crippen LogP contribution is -2.26. The minimum absolute atomic E-state index is 0.0412. The SMILES string of the molecule is CCCCNC(=O)Cc1cc(-c2ccc3c(c2)OCCO3)on1. The van der Waals surface area contributed by atoms with E-state index in [0.29, 0.717) is 37.0 Å². The van der Waals surface area contributed by atoms with Gasteiger partial charge in [0, 0.05) is 18.2 Å². The van der Waals surface area contributed by atoms with Crippen molar-refractivity contribution in [2.45, 2.75) is 26.2 Å². The van der Waals surface area contributed by atoms with Crippen LogP contribution in [0.1, 0.15) is 25.5 Å². The van der Waals surface area contributed by atoms with Crippen LogP contribution < -0.4 is 14.8 Å². The highest BCUT2D eigenvalue weighted by Crippen LogP contribution is 2.34. The van der Waals surface area contributed by atoms with Gasteiger partial charge < -0.3 is 19.3 Å². The van der Waals surface area contributed by atoms with Crippen molar-refractivity contribution in [1.82, 2.24) is 10.5 Å². The van der Waals surface area contributed by atoms with E-state index in [9.17, 15) is 4.79 Å². The number of aromatic nitrogens is 1. The third kappa shape index (κ3) is 3.83. The first-order valence-electron chi connectivity index (χ1n) is 7.88. The van der Waals surface area contributed by atoms with Crippen LogP contribution in [0.5, 0.6) is 11.5 Å². The molecule has 1 aliphatic heterocycles. The number of hydrogen-bond donors (Lipinski definition) is 1. The predicted molar refractivity (Wildman–Crippen MR) is 84.6 cm³/mol. The van der Waals surface area contributed by atoms with Crippen LogP contribution in [0.3, 0.4) is 0 Å². The number of ether oxygens (including phenoxy) is 2. The number of rotatable bonds is 6. The van der Waals surface area contributed by atoms with Crippen molar-refractivity contribution in [3.8, 4) is 22.8 Å². The minimum Gasteiger partial charge on any atom is -0.486 e. The second kappa shape index (κ2) is 7.17. The molecule has 23 heavy (non-hydrogen) atoms. The first-order chi connectivity index (χ1) is 11.3. The van der Waals surface area contributed by atoms with Gasteiger partial charge in [-0.3, -0.25) is 4.79 Å². The molecule has 6 nitrogen and oxygen atoms in total. The molecule has 0 unspecified atom stereocenters. The summed E-state index contributed by atoms with van der Waals surface area (Å²) in [4.78, 5) is 11.8. The van der Waals surface area contributed by atoms with Gasteiger partial charge in [-0.05, 0) is 24.6 Å². The third-order valence-corrected chi connectivity index (χ3v) is 3.58. The monoisotopic (exact) mass is 316 g/mol. The summed E-state index contributed by atoms with van der Waals surface area (Å²) in [7, 11) is 0. The zero-order valence-electron chi connectivity index (χ0n) is 13.1. The number of nitrogens with zero attached hydrogens (tertiary/aromatic N) is 1. The first kappa shape index (κ1) is 15.4. The maximum Gasteiger partial charge on any atom is 0.226 e. The van der Waals surface area contributed by atoms with Crippen molar-refractivity contribution in [1.29, 1.82) is 0 Å². The second-order valence-corrected chi connectivity index (χ2v) is 5.42. The Balaban J connectivity index is 1.66. The Hall–Kier alpha value is -2.50. The van der Waals surface area contributed by atoms with Gasteiger partial charge in [0.25, 0.3) is 0 Å². The molecule has 6 heteroatoms. The van der Waals surface area contributed by atoms with Crippen molar-refractivity contribution in [3.63, 3.8) is 0 Å². The molecule has 1 N–H and O–H groups in total. The zero-order valence-corrected chi connectivity index (χ0v) is 13.1. The van der Waals surface area contributed by atoms with Gasteiger partial charge in [-0.25, -0.2) is 0 Å². The van der Waals surface area contributed by atoms with E-state index in [2.05, 4.69) is 17.4 Å². The number of amides is 1. The summed E-state index contributed by atoms with van der Waals surface area (Å²) in [5, 5.41) is 6.83. The number of unbranched alkanes of at least 4 members (excludes halogenated alkanes) is 1. The summed E-state index contributed by atoms with van der Waals surface area (Å²) in [6, 6.07) is 7.38. The number of hydrogen-bond acceptors (Lipinski definition) is 5. The average molecular weight is 316 g/mol. The van der Waals surface area contributed by atoms with Gasteiger partial charge >= 0.3 is 0 Å². The van der Waals surface area contributed by atoms with Crippen LogP contribution in [-0.2, 0) is 11.2 Å². The van der Waals surface area contributed by atoms with Crippen LogP contribution in [0.2, 0.25) is 0 Å². The van der Waals surface area contributed by atoms with Gasteiger partial charge in [0.05, 0.1) is 12.1 Å². The molecule has 0 atom stereocenters. The lowest BCUT2D eigenvalue weighted by atomic mass is 10.1. The number of fused-ring (bicyclic) bond motifs is 1. The zero-order chi connectivity index (χ0) is 16.1. The lowest BCUT2D eigenvalue weighted by molar-refractivity contribution is -0.120. The topological polar surface area (TPSA) is 73.6 Å². The molecular weight excluding hydrogens is 296 g/mol. The summed E-state index contributed by atoms with van der Waals surface area (Å²) < 4.78 is 16.4. The average Bonchev–Trinajstić information content (AvgIpc) is 3.03. The van der Waals surface area contributed by atoms with E-state index >= 15 is 0 Å². The Morgan fingerprint density at radius 1 is 1.22 bits per heavy atom. The Kier molecular flexibility index (Phi) is 4.80. The molecule has 0 saturated heterocycles. The Labute approximate surface area is 134 Å². The van der Waals surface area contributed by atoms with E-state index in [1.807, 2.05) is 18.2 Å². The molecule has 0 fully saturated rings. The van der Waals surface area contributed by atoms with Crippen molar-refractivity contribution in [2.75, 3.05) is 19.8 Å². The fourth-order valence-corrected chi connectivity index (χ4v) is 2.36. The van der Waals surface area contributed by atoms with E-state index in [0.717, 1.165) is 24.2 Å². The summed E-state index contributed by atoms with van der Waals surface area (Å²) in [6.07, 6.45) is 2.25. The van der Waals surface area contributed by atoms with E-state index in [-0.39, 0.29) is 12.3 Å². The highest BCUT2D eigenvalue weighted by molar-refractivity contribution is 5.78. The molecule has 1 aromatic heterocycles. The standard InChI is InChI=1S/C17H20N2O4/c1-2-3-6-18-17(20)11-13-10-15(23-19-13)12-4-5-14-16(9-12)22-8-7-21-14/h4-5,9-10H,2-3,6-8,11H2,1H3,(H,18,20). The highest BCUT2D eigenvalue weighted by atomic mass is 16.6. The largest absolute Gasteiger partial charge is 0.486 e. The molecule has 0 bridgehead atoms. The maximum atomic E-state index is 11.8. The molecule has 0 radical (unpaired) electrons. The molecular formula is C17H20N2O4. The summed E-state index contributed by atoms with van der Waals surface area (Å²) >= 11 is 0. The van der Waals surface area contributed by atoms with Crippen LogP contribution in [0.15, 0.2) is 28.8 Å². The lowest BCUT2D eigenvalue weighted by Gasteiger charge is -2.18. The highest BCUT2D eigenvalue weighted by Gasteiger charge is 2.15. The summed E-state index contributed by atoms with van der Waals surface area (Å²) in [5.74, 6) is 2.00. The molecule has 0 spiro atoms. The summed E-state index contributed by atoms with van der Waals surface area (Å²) in [5.41, 5.74) is 1.46. The minimum atomic E-state index is -0.0412. The Morgan fingerprint density at radius 3 is 2.87 bits per heavy atom. The number of benzene rings is 1. The molecule has 122 valence electrons. The van der Waals surface area contributed by atoms with Gasteiger partial charge in [-0.1, -0.05) is 18.5 Å². The first-order valence-corrected chi connectivity index (χ1v) is 7.88. The second-order valence-electron chi connectivity index (χ2n) is 5.42. The van der Waals surface area contributed by atoms with Crippen molar-refractivity contribution in [3.05, 3.63) is 30.0 Å². The van der Waals surface area contributed by atoms with Gasteiger partial charge in [0.15, 0.2) is 17.3 Å². The normalized spacial score (nSPS) is 12.9. The van der Waals surface area contributed by atoms with Crippen LogP contribution in [0.25, 0.3) is 11.3 Å². The fraction of sp³-hybridized carbons (Fsp3) is 0.412. The molecule has 1 aliphatic rings. The Bertz CT molecular complexity index is 681. The van der Waals surface area contributed by atoms with E-state index < -0.39 is 0 Å². The van der Waals surface area contributed by atoms with Crippen LogP contribution in [0, 0.1) is 0 Å². The molecule has 2 aromatic rings. The fourth-order valence-electron chi connectivity index (χ4n) is 2.36. The van der Waals surface area contributed by atoms with Crippen LogP contribution in [-0.4, -0.2) is 30.8 Å². The van der Waals surface area contributed by atoms with Crippen LogP contribution in [0.4, 0.5) is 0 Å². The molecule has 1 aromatic carbocycles. The van der Waals surface area contributed by atoms with Gasteiger partial charge in [0.2, 0.25) is 5.91 Å².